The highest BCUT2D eigenvalue weighted by Crippen LogP contribution is 2.29. The largest absolute Gasteiger partial charge is 0.497 e. The molecule has 27 heavy (non-hydrogen) atoms. The van der Waals surface area contributed by atoms with E-state index in [-0.39, 0.29) is 11.7 Å². The van der Waals surface area contributed by atoms with Gasteiger partial charge in [0.2, 0.25) is 5.91 Å². The summed E-state index contributed by atoms with van der Waals surface area (Å²) in [6.45, 7) is 4.08. The molecule has 2 aromatic rings. The monoisotopic (exact) mass is 381 g/mol. The number of amides is 1. The average molecular weight is 382 g/mol. The van der Waals surface area contributed by atoms with Crippen molar-refractivity contribution in [1.82, 2.24) is 0 Å². The number of aliphatic imine (C=N–C) groups is 2. The molecule has 0 radical (unpaired) electrons. The zero-order valence-corrected chi connectivity index (χ0v) is 16.5. The molecule has 0 aromatic heterocycles. The van der Waals surface area contributed by atoms with Crippen molar-refractivity contribution in [3.8, 4) is 5.75 Å². The summed E-state index contributed by atoms with van der Waals surface area (Å²) in [6, 6.07) is 17.3. The second-order valence-corrected chi connectivity index (χ2v) is 7.34. The fourth-order valence-corrected chi connectivity index (χ4v) is 3.53. The maximum atomic E-state index is 12.3. The van der Waals surface area contributed by atoms with Gasteiger partial charge >= 0.3 is 0 Å². The molecule has 0 spiro atoms. The van der Waals surface area contributed by atoms with E-state index in [2.05, 4.69) is 12.2 Å². The minimum Gasteiger partial charge on any atom is -0.497 e. The summed E-state index contributed by atoms with van der Waals surface area (Å²) in [6.07, 6.45) is 0.811. The van der Waals surface area contributed by atoms with Crippen LogP contribution in [0.3, 0.4) is 0 Å². The van der Waals surface area contributed by atoms with Crippen molar-refractivity contribution in [2.45, 2.75) is 25.9 Å². The number of ether oxygens (including phenoxy) is 1. The molecule has 1 aliphatic heterocycles. The van der Waals surface area contributed by atoms with Crippen LogP contribution in [0.25, 0.3) is 0 Å². The number of methoxy groups -OCH3 is 1. The number of carbonyl (C=O) groups excluding carboxylic acids is 1. The van der Waals surface area contributed by atoms with Crippen LogP contribution in [0.2, 0.25) is 0 Å². The highest BCUT2D eigenvalue weighted by Gasteiger charge is 2.31. The number of thioether (sulfide) groups is 1. The second kappa shape index (κ2) is 8.39. The summed E-state index contributed by atoms with van der Waals surface area (Å²) < 4.78 is 5.13. The van der Waals surface area contributed by atoms with E-state index in [1.165, 1.54) is 11.8 Å². The van der Waals surface area contributed by atoms with Crippen LogP contribution in [0.5, 0.6) is 5.75 Å². The number of benzene rings is 2. The third kappa shape index (κ3) is 4.77. The molecule has 0 unspecified atom stereocenters. The van der Waals surface area contributed by atoms with Crippen LogP contribution in [0.15, 0.2) is 64.6 Å². The van der Waals surface area contributed by atoms with Gasteiger partial charge in [0.15, 0.2) is 0 Å². The van der Waals surface area contributed by atoms with Gasteiger partial charge in [-0.15, -0.1) is 0 Å². The van der Waals surface area contributed by atoms with Gasteiger partial charge in [-0.25, -0.2) is 4.99 Å². The number of nitrogens with one attached hydrogen (secondary N) is 1. The lowest BCUT2D eigenvalue weighted by Crippen LogP contribution is -2.17. The van der Waals surface area contributed by atoms with Crippen molar-refractivity contribution in [3.05, 3.63) is 60.2 Å². The van der Waals surface area contributed by atoms with Crippen molar-refractivity contribution < 1.29 is 9.53 Å². The van der Waals surface area contributed by atoms with E-state index in [4.69, 9.17) is 14.7 Å². The van der Waals surface area contributed by atoms with Crippen molar-refractivity contribution in [2.24, 2.45) is 9.98 Å². The number of anilines is 1. The number of hydrogen-bond acceptors (Lipinski definition) is 5. The van der Waals surface area contributed by atoms with E-state index in [0.717, 1.165) is 34.2 Å². The van der Waals surface area contributed by atoms with Gasteiger partial charge in [-0.05, 0) is 37.6 Å². The summed E-state index contributed by atoms with van der Waals surface area (Å²) in [5.41, 5.74) is 2.17. The van der Waals surface area contributed by atoms with E-state index in [9.17, 15) is 4.79 Å². The predicted molar refractivity (Wildman–Crippen MR) is 113 cm³/mol. The zero-order valence-electron chi connectivity index (χ0n) is 15.7. The molecule has 5 nitrogen and oxygen atoms in total. The smallest absolute Gasteiger partial charge is 0.234 e. The molecule has 1 aliphatic rings. The summed E-state index contributed by atoms with van der Waals surface area (Å²) in [4.78, 5) is 21.9. The second-order valence-electron chi connectivity index (χ2n) is 6.38. The highest BCUT2D eigenvalue weighted by atomic mass is 32.2. The first-order chi connectivity index (χ1) is 13.0. The first kappa shape index (κ1) is 19.2. The standard InChI is InChI=1S/C21H23N3O2S/c1-4-21(2)23-19(15-8-6-5-7-9-15)20(24-21)27-14-18(25)22-16-10-12-17(26-3)13-11-16/h5-13H,4,14H2,1-3H3,(H,22,25)/t21-/m1/s1. The van der Waals surface area contributed by atoms with Crippen LogP contribution in [-0.2, 0) is 4.79 Å². The van der Waals surface area contributed by atoms with Gasteiger partial charge in [0, 0.05) is 11.3 Å². The fraction of sp³-hybridized carbons (Fsp3) is 0.286. The average Bonchev–Trinajstić information content (AvgIpc) is 3.05. The number of rotatable bonds is 6. The lowest BCUT2D eigenvalue weighted by molar-refractivity contribution is -0.113. The predicted octanol–water partition coefficient (Wildman–Crippen LogP) is 4.39. The van der Waals surface area contributed by atoms with Gasteiger partial charge in [-0.1, -0.05) is 49.0 Å². The Balaban J connectivity index is 1.67. The normalized spacial score (nSPS) is 18.6. The maximum absolute atomic E-state index is 12.3. The molecule has 0 bridgehead atoms. The number of nitrogens with zero attached hydrogens (tertiary/aromatic N) is 2. The van der Waals surface area contributed by atoms with Crippen LogP contribution in [-0.4, -0.2) is 35.2 Å². The minimum absolute atomic E-state index is 0.0784. The van der Waals surface area contributed by atoms with Crippen molar-refractivity contribution in [1.29, 1.82) is 0 Å². The quantitative estimate of drug-likeness (QED) is 0.807. The molecule has 0 saturated heterocycles. The molecule has 1 N–H and O–H groups in total. The fourth-order valence-electron chi connectivity index (χ4n) is 2.63. The maximum Gasteiger partial charge on any atom is 0.234 e. The molecule has 0 saturated carbocycles. The van der Waals surface area contributed by atoms with Crippen LogP contribution >= 0.6 is 11.8 Å². The van der Waals surface area contributed by atoms with E-state index in [1.54, 1.807) is 7.11 Å². The molecule has 6 heteroatoms. The van der Waals surface area contributed by atoms with Gasteiger partial charge in [0.1, 0.15) is 16.5 Å². The Bertz CT molecular complexity index is 863. The van der Waals surface area contributed by atoms with Crippen LogP contribution < -0.4 is 10.1 Å². The van der Waals surface area contributed by atoms with Crippen molar-refractivity contribution in [2.75, 3.05) is 18.2 Å². The van der Waals surface area contributed by atoms with E-state index < -0.39 is 5.66 Å². The molecule has 2 aromatic carbocycles. The summed E-state index contributed by atoms with van der Waals surface area (Å²) in [5, 5.41) is 3.71. The Morgan fingerprint density at radius 2 is 1.81 bits per heavy atom. The van der Waals surface area contributed by atoms with Crippen LogP contribution in [0.4, 0.5) is 5.69 Å². The molecule has 1 heterocycles. The number of carbonyl (C=O) groups is 1. The summed E-state index contributed by atoms with van der Waals surface area (Å²) in [7, 11) is 1.61. The Morgan fingerprint density at radius 1 is 1.11 bits per heavy atom. The van der Waals surface area contributed by atoms with Gasteiger partial charge in [-0.2, -0.15) is 0 Å². The van der Waals surface area contributed by atoms with E-state index >= 15 is 0 Å². The Hall–Kier alpha value is -2.60. The van der Waals surface area contributed by atoms with Gasteiger partial charge in [0.25, 0.3) is 0 Å². The first-order valence-electron chi connectivity index (χ1n) is 8.85. The van der Waals surface area contributed by atoms with Gasteiger partial charge < -0.3 is 10.1 Å². The lowest BCUT2D eigenvalue weighted by atomic mass is 10.1. The number of hydrogen-bond donors (Lipinski definition) is 1. The van der Waals surface area contributed by atoms with Crippen molar-refractivity contribution in [3.63, 3.8) is 0 Å². The lowest BCUT2D eigenvalue weighted by Gasteiger charge is -2.13. The molecule has 3 rings (SSSR count). The Labute approximate surface area is 164 Å². The minimum atomic E-state index is -0.458. The Kier molecular flexibility index (Phi) is 5.96. The van der Waals surface area contributed by atoms with Crippen LogP contribution in [0, 0.1) is 0 Å². The first-order valence-corrected chi connectivity index (χ1v) is 9.84. The molecule has 140 valence electrons. The third-order valence-corrected chi connectivity index (χ3v) is 5.29. The molecular weight excluding hydrogens is 358 g/mol. The van der Waals surface area contributed by atoms with E-state index in [0.29, 0.717) is 0 Å². The SMILES string of the molecule is CC[C@@]1(C)N=C(SCC(=O)Nc2ccc(OC)cc2)C(c2ccccc2)=N1. The third-order valence-electron chi connectivity index (χ3n) is 4.33. The molecule has 1 atom stereocenters. The highest BCUT2D eigenvalue weighted by molar-refractivity contribution is 8.16. The topological polar surface area (TPSA) is 63.0 Å². The summed E-state index contributed by atoms with van der Waals surface area (Å²) in [5.74, 6) is 0.951. The molecular formula is C21H23N3O2S. The molecule has 0 aliphatic carbocycles. The molecule has 0 fully saturated rings. The Morgan fingerprint density at radius 3 is 2.44 bits per heavy atom. The molecule has 1 amide bonds. The summed E-state index contributed by atoms with van der Waals surface area (Å²) >= 11 is 1.42. The van der Waals surface area contributed by atoms with Crippen LogP contribution in [0.1, 0.15) is 25.8 Å². The van der Waals surface area contributed by atoms with E-state index in [1.807, 2.05) is 61.5 Å². The van der Waals surface area contributed by atoms with Crippen molar-refractivity contribution >= 4 is 34.1 Å². The van der Waals surface area contributed by atoms with Gasteiger partial charge in [0.05, 0.1) is 18.6 Å². The zero-order chi connectivity index (χ0) is 19.3. The van der Waals surface area contributed by atoms with Gasteiger partial charge in [-0.3, -0.25) is 9.79 Å².